The summed E-state index contributed by atoms with van der Waals surface area (Å²) >= 11 is 0. The summed E-state index contributed by atoms with van der Waals surface area (Å²) in [6.45, 7) is 1.38. The highest BCUT2D eigenvalue weighted by atomic mass is 16.9. The largest absolute Gasteiger partial charge is 0.453 e. The summed E-state index contributed by atoms with van der Waals surface area (Å²) in [4.78, 5) is 60.1. The summed E-state index contributed by atoms with van der Waals surface area (Å²) in [7, 11) is 1.28. The molecule has 3 aromatic carbocycles. The van der Waals surface area contributed by atoms with E-state index in [4.69, 9.17) is 24.2 Å². The standard InChI is InChI=1S/C40H42N8O6/c1-52-39(51)45-33(27-10-4-2-5-11-27)37(49)47-20-8-14-31(47)35-41-22-29(43-35)25-16-18-26(19-17-25)30-23-42-36(44-30)32-15-9-21-48(32)38(50)34(46-40-53-24-54-40)28-12-6-3-7-13-28/h2-7,10-13,16-19,22-23,31-34,40,46H,8-9,14-15,20-21,24H2,1H3,(H,41,43)(H,42,44)(H,45,51)/t31-,32-,33+,34+/m0/s1. The number of carbonyl (C=O) groups excluding carboxylic acids is 3. The molecule has 0 aliphatic carbocycles. The number of hydrogen-bond donors (Lipinski definition) is 4. The van der Waals surface area contributed by atoms with Crippen molar-refractivity contribution >= 4 is 17.9 Å². The molecule has 54 heavy (non-hydrogen) atoms. The van der Waals surface area contributed by atoms with E-state index in [0.29, 0.717) is 24.5 Å². The SMILES string of the molecule is COC(=O)N[C@@H](C(=O)N1CCC[C@H]1c1ncc(-c2ccc(-c3cnc([C@@H]4CCCN4C(=O)[C@H](NC4OCO4)c4ccccc4)[nH]3)cc2)[nH]1)c1ccccc1. The molecule has 3 aliphatic rings. The predicted octanol–water partition coefficient (Wildman–Crippen LogP) is 5.51. The van der Waals surface area contributed by atoms with Crippen molar-refractivity contribution in [1.29, 1.82) is 0 Å². The maximum atomic E-state index is 14.0. The summed E-state index contributed by atoms with van der Waals surface area (Å²) in [6.07, 6.45) is 5.54. The van der Waals surface area contributed by atoms with Crippen LogP contribution in [0.4, 0.5) is 4.79 Å². The first-order valence-electron chi connectivity index (χ1n) is 18.2. The van der Waals surface area contributed by atoms with E-state index in [9.17, 15) is 14.4 Å². The fourth-order valence-electron chi connectivity index (χ4n) is 7.53. The third kappa shape index (κ3) is 7.23. The fraction of sp³-hybridized carbons (Fsp3) is 0.325. The average Bonchev–Trinajstić information content (AvgIpc) is 4.03. The first-order valence-corrected chi connectivity index (χ1v) is 18.2. The number of ether oxygens (including phenoxy) is 3. The first-order chi connectivity index (χ1) is 26.5. The maximum absolute atomic E-state index is 14.0. The van der Waals surface area contributed by atoms with Gasteiger partial charge in [0.05, 0.1) is 43.0 Å². The molecule has 3 amide bonds. The number of aromatic nitrogens is 4. The molecule has 0 saturated carbocycles. The Hall–Kier alpha value is -5.83. The molecule has 0 radical (unpaired) electrons. The summed E-state index contributed by atoms with van der Waals surface area (Å²) in [5.41, 5.74) is 5.09. The van der Waals surface area contributed by atoms with Crippen LogP contribution in [0, 0.1) is 0 Å². The van der Waals surface area contributed by atoms with Crippen LogP contribution in [-0.4, -0.2) is 81.0 Å². The molecule has 3 aliphatic heterocycles. The van der Waals surface area contributed by atoms with E-state index in [1.807, 2.05) is 96.0 Å². The van der Waals surface area contributed by atoms with Gasteiger partial charge in [0, 0.05) is 13.1 Å². The molecule has 14 nitrogen and oxygen atoms in total. The average molecular weight is 731 g/mol. The van der Waals surface area contributed by atoms with Gasteiger partial charge in [-0.25, -0.2) is 14.8 Å². The molecule has 2 aromatic heterocycles. The van der Waals surface area contributed by atoms with Gasteiger partial charge in [0.2, 0.25) is 12.3 Å². The molecule has 278 valence electrons. The highest BCUT2D eigenvalue weighted by Gasteiger charge is 2.39. The van der Waals surface area contributed by atoms with Crippen molar-refractivity contribution < 1.29 is 28.6 Å². The van der Waals surface area contributed by atoms with Gasteiger partial charge >= 0.3 is 6.09 Å². The van der Waals surface area contributed by atoms with Crippen molar-refractivity contribution in [2.75, 3.05) is 27.0 Å². The molecule has 8 rings (SSSR count). The zero-order chi connectivity index (χ0) is 37.0. The van der Waals surface area contributed by atoms with Gasteiger partial charge in [-0.05, 0) is 47.9 Å². The quantitative estimate of drug-likeness (QED) is 0.137. The minimum Gasteiger partial charge on any atom is -0.453 e. The second-order valence-electron chi connectivity index (χ2n) is 13.6. The monoisotopic (exact) mass is 730 g/mol. The molecule has 4 atom stereocenters. The number of hydrogen-bond acceptors (Lipinski definition) is 9. The molecule has 0 bridgehead atoms. The molecule has 3 fully saturated rings. The highest BCUT2D eigenvalue weighted by molar-refractivity contribution is 5.87. The zero-order valence-electron chi connectivity index (χ0n) is 29.8. The third-order valence-electron chi connectivity index (χ3n) is 10.3. The smallest absolute Gasteiger partial charge is 0.407 e. The molecular weight excluding hydrogens is 688 g/mol. The van der Waals surface area contributed by atoms with E-state index in [1.54, 1.807) is 11.1 Å². The van der Waals surface area contributed by atoms with Crippen LogP contribution in [0.5, 0.6) is 0 Å². The Morgan fingerprint density at radius 3 is 1.67 bits per heavy atom. The van der Waals surface area contributed by atoms with Crippen LogP contribution in [0.25, 0.3) is 22.5 Å². The number of aromatic amines is 2. The van der Waals surface area contributed by atoms with E-state index in [0.717, 1.165) is 59.6 Å². The van der Waals surface area contributed by atoms with E-state index in [2.05, 4.69) is 20.6 Å². The van der Waals surface area contributed by atoms with Crippen LogP contribution in [0.1, 0.15) is 72.6 Å². The lowest BCUT2D eigenvalue weighted by Crippen LogP contribution is -2.50. The lowest BCUT2D eigenvalue weighted by Gasteiger charge is -2.34. The van der Waals surface area contributed by atoms with Gasteiger partial charge in [-0.3, -0.25) is 14.9 Å². The zero-order valence-corrected chi connectivity index (χ0v) is 29.8. The minimum atomic E-state index is -0.883. The van der Waals surface area contributed by atoms with E-state index >= 15 is 0 Å². The molecule has 0 unspecified atom stereocenters. The molecule has 4 N–H and O–H groups in total. The number of nitrogens with one attached hydrogen (secondary N) is 4. The third-order valence-corrected chi connectivity index (χ3v) is 10.3. The minimum absolute atomic E-state index is 0.0528. The number of imidazole rings is 2. The second kappa shape index (κ2) is 15.6. The van der Waals surface area contributed by atoms with Gasteiger partial charge in [0.15, 0.2) is 6.79 Å². The highest BCUT2D eigenvalue weighted by Crippen LogP contribution is 2.36. The van der Waals surface area contributed by atoms with Crippen LogP contribution in [-0.2, 0) is 23.8 Å². The number of benzene rings is 3. The summed E-state index contributed by atoms with van der Waals surface area (Å²) in [5, 5.41) is 5.91. The van der Waals surface area contributed by atoms with Gasteiger partial charge < -0.3 is 39.3 Å². The van der Waals surface area contributed by atoms with Gasteiger partial charge in [0.1, 0.15) is 23.7 Å². The van der Waals surface area contributed by atoms with Crippen LogP contribution in [0.3, 0.4) is 0 Å². The van der Waals surface area contributed by atoms with Crippen molar-refractivity contribution in [2.24, 2.45) is 0 Å². The number of amides is 3. The van der Waals surface area contributed by atoms with Gasteiger partial charge in [0.25, 0.3) is 5.91 Å². The Balaban J connectivity index is 0.952. The summed E-state index contributed by atoms with van der Waals surface area (Å²) in [6, 6.07) is 24.9. The Morgan fingerprint density at radius 2 is 1.20 bits per heavy atom. The Morgan fingerprint density at radius 1 is 0.722 bits per heavy atom. The lowest BCUT2D eigenvalue weighted by atomic mass is 10.0. The van der Waals surface area contributed by atoms with E-state index in [-0.39, 0.29) is 30.7 Å². The van der Waals surface area contributed by atoms with Crippen LogP contribution >= 0.6 is 0 Å². The molecule has 3 saturated heterocycles. The van der Waals surface area contributed by atoms with Gasteiger partial charge in [-0.1, -0.05) is 84.9 Å². The molecular formula is C40H42N8O6. The fourth-order valence-corrected chi connectivity index (χ4v) is 7.53. The van der Waals surface area contributed by atoms with Crippen molar-refractivity contribution in [3.05, 3.63) is 120 Å². The molecule has 0 spiro atoms. The summed E-state index contributed by atoms with van der Waals surface area (Å²) in [5.74, 6) is 1.16. The Kier molecular flexibility index (Phi) is 10.2. The number of methoxy groups -OCH3 is 1. The number of rotatable bonds is 11. The number of likely N-dealkylation sites (tertiary alicyclic amines) is 2. The first kappa shape index (κ1) is 35.2. The maximum Gasteiger partial charge on any atom is 0.407 e. The van der Waals surface area contributed by atoms with Crippen LogP contribution in [0.15, 0.2) is 97.3 Å². The topological polar surface area (TPSA) is 167 Å². The van der Waals surface area contributed by atoms with Crippen molar-refractivity contribution in [2.45, 2.75) is 56.3 Å². The second-order valence-corrected chi connectivity index (χ2v) is 13.6. The van der Waals surface area contributed by atoms with Crippen molar-refractivity contribution in [3.8, 4) is 22.5 Å². The number of carbonyl (C=O) groups is 3. The summed E-state index contributed by atoms with van der Waals surface area (Å²) < 4.78 is 15.6. The number of alkyl carbamates (subject to hydrolysis) is 1. The Bertz CT molecular complexity index is 2070. The predicted molar refractivity (Wildman–Crippen MR) is 197 cm³/mol. The molecule has 14 heteroatoms. The Labute approximate surface area is 312 Å². The number of nitrogens with zero attached hydrogens (tertiary/aromatic N) is 4. The van der Waals surface area contributed by atoms with E-state index in [1.165, 1.54) is 7.11 Å². The van der Waals surface area contributed by atoms with Crippen LogP contribution in [0.2, 0.25) is 0 Å². The van der Waals surface area contributed by atoms with Gasteiger partial charge in [-0.15, -0.1) is 0 Å². The van der Waals surface area contributed by atoms with Gasteiger partial charge in [-0.2, -0.15) is 0 Å². The number of H-pyrrole nitrogens is 2. The van der Waals surface area contributed by atoms with E-state index < -0.39 is 24.6 Å². The van der Waals surface area contributed by atoms with Crippen LogP contribution < -0.4 is 10.6 Å². The molecule has 5 aromatic rings. The van der Waals surface area contributed by atoms with Crippen molar-refractivity contribution in [3.63, 3.8) is 0 Å². The van der Waals surface area contributed by atoms with Crippen molar-refractivity contribution in [1.82, 2.24) is 40.4 Å². The normalized spacial score (nSPS) is 19.6. The lowest BCUT2D eigenvalue weighted by molar-refractivity contribution is -0.335. The molecule has 5 heterocycles.